The topological polar surface area (TPSA) is 116 Å². The Bertz CT molecular complexity index is 437. The summed E-state index contributed by atoms with van der Waals surface area (Å²) in [5.74, 6) is 0. The van der Waals surface area contributed by atoms with Crippen LogP contribution in [0.4, 0.5) is 0 Å². The fourth-order valence-electron chi connectivity index (χ4n) is 3.09. The zero-order valence-electron chi connectivity index (χ0n) is 11.8. The van der Waals surface area contributed by atoms with Crippen molar-refractivity contribution in [3.8, 4) is 0 Å². The van der Waals surface area contributed by atoms with Crippen molar-refractivity contribution in [1.82, 2.24) is 0 Å². The molecule has 8 heteroatoms. The van der Waals surface area contributed by atoms with E-state index in [4.69, 9.17) is 13.3 Å². The molecule has 0 aromatic heterocycles. The van der Waals surface area contributed by atoms with Gasteiger partial charge in [-0.1, -0.05) is 20.8 Å². The van der Waals surface area contributed by atoms with Crippen LogP contribution in [0.1, 0.15) is 40.0 Å². The lowest BCUT2D eigenvalue weighted by molar-refractivity contribution is 0.0915. The van der Waals surface area contributed by atoms with E-state index in [1.165, 1.54) is 0 Å². The molecule has 7 nitrogen and oxygen atoms in total. The van der Waals surface area contributed by atoms with Crippen molar-refractivity contribution in [3.05, 3.63) is 0 Å². The highest BCUT2D eigenvalue weighted by molar-refractivity contribution is 7.73. The quantitative estimate of drug-likeness (QED) is 0.469. The first kappa shape index (κ1) is 18.8. The summed E-state index contributed by atoms with van der Waals surface area (Å²) in [7, 11) is 0. The van der Waals surface area contributed by atoms with Crippen LogP contribution in [-0.2, 0) is 21.0 Å². The predicted molar refractivity (Wildman–Crippen MR) is 74.0 cm³/mol. The van der Waals surface area contributed by atoms with Crippen LogP contribution in [0.2, 0.25) is 0 Å². The van der Waals surface area contributed by atoms with Gasteiger partial charge in [0.25, 0.3) is 11.4 Å². The third-order valence-corrected chi connectivity index (χ3v) is 3.18. The molecule has 0 spiro atoms. The Labute approximate surface area is 120 Å². The summed E-state index contributed by atoms with van der Waals surface area (Å²) in [5, 5.41) is 0. The van der Waals surface area contributed by atoms with Crippen LogP contribution >= 0.6 is 0 Å². The van der Waals surface area contributed by atoms with Crippen LogP contribution in [0.15, 0.2) is 9.98 Å². The summed E-state index contributed by atoms with van der Waals surface area (Å²) < 4.78 is 22.8. The van der Waals surface area contributed by atoms with E-state index in [-0.39, 0.29) is 16.9 Å². The molecule has 1 aliphatic rings. The maximum absolute atomic E-state index is 10.3. The smallest absolute Gasteiger partial charge is 0.284 e. The molecule has 0 saturated heterocycles. The third kappa shape index (κ3) is 8.09. The number of carbonyl (C=O) groups excluding carboxylic acids is 2. The van der Waals surface area contributed by atoms with E-state index in [0.717, 1.165) is 19.3 Å². The van der Waals surface area contributed by atoms with Gasteiger partial charge >= 0.3 is 0 Å². The van der Waals surface area contributed by atoms with Gasteiger partial charge in [0.15, 0.2) is 0 Å². The minimum atomic E-state index is -2.61. The summed E-state index contributed by atoms with van der Waals surface area (Å²) in [6, 6.07) is 0.00750. The van der Waals surface area contributed by atoms with Gasteiger partial charge in [-0.05, 0) is 30.1 Å². The van der Waals surface area contributed by atoms with Gasteiger partial charge < -0.3 is 0 Å². The molecule has 20 heavy (non-hydrogen) atoms. The predicted octanol–water partition coefficient (Wildman–Crippen LogP) is 1.92. The van der Waals surface area contributed by atoms with Gasteiger partial charge in [-0.25, -0.2) is 19.6 Å². The Morgan fingerprint density at radius 1 is 1.20 bits per heavy atom. The number of hydrogen-bond acceptors (Lipinski definition) is 5. The molecular formula is C12H20N2O5S. The molecule has 1 fully saturated rings. The highest BCUT2D eigenvalue weighted by Crippen LogP contribution is 2.47. The van der Waals surface area contributed by atoms with E-state index in [2.05, 4.69) is 30.8 Å². The van der Waals surface area contributed by atoms with E-state index >= 15 is 0 Å². The largest absolute Gasteiger partial charge is 0.299 e. The Kier molecular flexibility index (Phi) is 7.71. The minimum absolute atomic E-state index is 0.00750. The van der Waals surface area contributed by atoms with Crippen molar-refractivity contribution in [2.24, 2.45) is 20.8 Å². The monoisotopic (exact) mass is 304 g/mol. The molecular weight excluding hydrogens is 284 g/mol. The van der Waals surface area contributed by atoms with Crippen LogP contribution in [-0.4, -0.2) is 38.1 Å². The van der Waals surface area contributed by atoms with Crippen molar-refractivity contribution in [2.45, 2.75) is 46.1 Å². The number of rotatable bonds is 3. The number of hydrogen-bond donors (Lipinski definition) is 2. The zero-order valence-corrected chi connectivity index (χ0v) is 12.6. The van der Waals surface area contributed by atoms with Crippen LogP contribution < -0.4 is 0 Å². The molecule has 0 aliphatic heterocycles. The number of isocyanates is 2. The molecule has 0 amide bonds. The van der Waals surface area contributed by atoms with Gasteiger partial charge in [-0.15, -0.1) is 0 Å². The molecule has 1 aliphatic carbocycles. The van der Waals surface area contributed by atoms with E-state index in [0.29, 0.717) is 6.54 Å². The fourth-order valence-corrected chi connectivity index (χ4v) is 3.09. The molecule has 1 saturated carbocycles. The van der Waals surface area contributed by atoms with Gasteiger partial charge in [0.05, 0.1) is 12.6 Å². The van der Waals surface area contributed by atoms with Gasteiger partial charge in [0.2, 0.25) is 12.2 Å². The van der Waals surface area contributed by atoms with Crippen LogP contribution in [0.3, 0.4) is 0 Å². The van der Waals surface area contributed by atoms with E-state index in [9.17, 15) is 9.59 Å². The van der Waals surface area contributed by atoms with Crippen LogP contribution in [0.5, 0.6) is 0 Å². The van der Waals surface area contributed by atoms with Gasteiger partial charge in [-0.2, -0.15) is 4.21 Å². The second-order valence-electron chi connectivity index (χ2n) is 6.07. The zero-order chi connectivity index (χ0) is 15.8. The second-order valence-corrected chi connectivity index (χ2v) is 6.53. The highest BCUT2D eigenvalue weighted by atomic mass is 32.2. The first-order chi connectivity index (χ1) is 9.14. The van der Waals surface area contributed by atoms with E-state index < -0.39 is 11.4 Å². The Balaban J connectivity index is 0.000000796. The first-order valence-corrected chi connectivity index (χ1v) is 7.11. The summed E-state index contributed by atoms with van der Waals surface area (Å²) in [5.41, 5.74) is 0.0561. The lowest BCUT2D eigenvalue weighted by Gasteiger charge is -2.44. The lowest BCUT2D eigenvalue weighted by atomic mass is 9.63. The standard InChI is InChI=1S/C12H18N2O2.H2O3S/c1-11(2)4-10(14-9-16)5-12(3,6-11)7-13-8-15;1-4(2)3/h10H,4-7H2,1-3H3;(H2,1,2,3). The molecule has 2 unspecified atom stereocenters. The molecule has 0 radical (unpaired) electrons. The lowest BCUT2D eigenvalue weighted by Crippen LogP contribution is -2.39. The average Bonchev–Trinajstić information content (AvgIpc) is 2.23. The van der Waals surface area contributed by atoms with Crippen molar-refractivity contribution in [1.29, 1.82) is 0 Å². The summed E-state index contributed by atoms with van der Waals surface area (Å²) >= 11 is -2.61. The molecule has 1 rings (SSSR count). The molecule has 0 bridgehead atoms. The SMILES string of the molecule is CC1(C)CC(N=C=O)CC(C)(CN=C=O)C1.O=S(O)O. The Morgan fingerprint density at radius 2 is 1.75 bits per heavy atom. The van der Waals surface area contributed by atoms with Crippen LogP contribution in [0.25, 0.3) is 0 Å². The molecule has 0 heterocycles. The third-order valence-electron chi connectivity index (χ3n) is 3.18. The molecule has 0 aromatic rings. The summed E-state index contributed by atoms with van der Waals surface area (Å²) in [6.45, 7) is 6.86. The summed E-state index contributed by atoms with van der Waals surface area (Å²) in [4.78, 5) is 28.0. The Morgan fingerprint density at radius 3 is 2.20 bits per heavy atom. The summed E-state index contributed by atoms with van der Waals surface area (Å²) in [6.07, 6.45) is 5.88. The van der Waals surface area contributed by atoms with Gasteiger partial charge in [0, 0.05) is 0 Å². The van der Waals surface area contributed by atoms with Crippen molar-refractivity contribution in [2.75, 3.05) is 6.54 Å². The highest BCUT2D eigenvalue weighted by Gasteiger charge is 2.41. The normalized spacial score (nSPS) is 27.6. The fraction of sp³-hybridized carbons (Fsp3) is 0.833. The van der Waals surface area contributed by atoms with Crippen molar-refractivity contribution in [3.63, 3.8) is 0 Å². The molecule has 114 valence electrons. The van der Waals surface area contributed by atoms with Gasteiger partial charge in [-0.3, -0.25) is 9.11 Å². The maximum Gasteiger partial charge on any atom is 0.299 e. The second kappa shape index (κ2) is 8.19. The van der Waals surface area contributed by atoms with E-state index in [1.54, 1.807) is 12.2 Å². The van der Waals surface area contributed by atoms with Crippen LogP contribution in [0, 0.1) is 10.8 Å². The molecule has 0 aromatic carbocycles. The van der Waals surface area contributed by atoms with Crippen molar-refractivity contribution < 1.29 is 22.9 Å². The maximum atomic E-state index is 10.3. The molecule has 2 atom stereocenters. The average molecular weight is 304 g/mol. The van der Waals surface area contributed by atoms with Gasteiger partial charge in [0.1, 0.15) is 0 Å². The Hall–Kier alpha value is -1.17. The molecule has 2 N–H and O–H groups in total. The van der Waals surface area contributed by atoms with E-state index in [1.807, 2.05) is 0 Å². The van der Waals surface area contributed by atoms with Crippen molar-refractivity contribution >= 4 is 23.5 Å². The minimum Gasteiger partial charge on any atom is -0.284 e. The number of nitrogens with zero attached hydrogens (tertiary/aromatic N) is 2. The first-order valence-electron chi connectivity index (χ1n) is 6.05. The number of aliphatic imine (C=N–C) groups is 2.